The van der Waals surface area contributed by atoms with Crippen molar-refractivity contribution in [1.29, 1.82) is 0 Å². The molecule has 0 aromatic rings. The minimum absolute atomic E-state index is 0.0724. The summed E-state index contributed by atoms with van der Waals surface area (Å²) >= 11 is 0. The zero-order valence-corrected chi connectivity index (χ0v) is 13.4. The van der Waals surface area contributed by atoms with Gasteiger partial charge in [-0.1, -0.05) is 26.2 Å². The largest absolute Gasteiger partial charge is 0.480 e. The minimum atomic E-state index is -1.02. The Bertz CT molecular complexity index is 316. The summed E-state index contributed by atoms with van der Waals surface area (Å²) in [5.41, 5.74) is 5.35. The molecule has 2 atom stereocenters. The molecule has 7 heteroatoms. The van der Waals surface area contributed by atoms with Crippen molar-refractivity contribution in [3.63, 3.8) is 0 Å². The second-order valence-electron chi connectivity index (χ2n) is 5.38. The first-order valence-corrected chi connectivity index (χ1v) is 8.00. The molecule has 0 aromatic carbocycles. The standard InChI is InChI=1S/C15H29FN2O4/c1-2-3-4-7-12(16)9-11-22-15(21)18-10-6-5-8-13(17)14(19)20/h12-13H,2-11,17H2,1H3,(H,18,21)(H,19,20)/t12?,13-/m0/s1. The number of carbonyl (C=O) groups excluding carboxylic acids is 1. The summed E-state index contributed by atoms with van der Waals surface area (Å²) in [6, 6.07) is -0.860. The SMILES string of the molecule is CCCCCC(F)CCOC(=O)NCCCC[C@H](N)C(=O)O. The van der Waals surface area contributed by atoms with E-state index in [-0.39, 0.29) is 13.0 Å². The van der Waals surface area contributed by atoms with Gasteiger partial charge in [-0.3, -0.25) is 4.79 Å². The van der Waals surface area contributed by atoms with E-state index in [4.69, 9.17) is 15.6 Å². The number of alkyl carbamates (subject to hydrolysis) is 1. The van der Waals surface area contributed by atoms with Gasteiger partial charge < -0.3 is 20.9 Å². The van der Waals surface area contributed by atoms with E-state index in [9.17, 15) is 14.0 Å². The number of carboxylic acids is 1. The van der Waals surface area contributed by atoms with Crippen LogP contribution in [0.4, 0.5) is 9.18 Å². The Morgan fingerprint density at radius 3 is 2.50 bits per heavy atom. The predicted octanol–water partition coefficient (Wildman–Crippen LogP) is 2.60. The Balaban J connectivity index is 3.45. The van der Waals surface area contributed by atoms with Gasteiger partial charge in [-0.05, 0) is 25.7 Å². The van der Waals surface area contributed by atoms with E-state index in [0.29, 0.717) is 32.2 Å². The van der Waals surface area contributed by atoms with Gasteiger partial charge in [0.15, 0.2) is 0 Å². The summed E-state index contributed by atoms with van der Waals surface area (Å²) in [7, 11) is 0. The normalized spacial score (nSPS) is 13.4. The smallest absolute Gasteiger partial charge is 0.407 e. The van der Waals surface area contributed by atoms with E-state index >= 15 is 0 Å². The molecule has 1 amide bonds. The predicted molar refractivity (Wildman–Crippen MR) is 82.5 cm³/mol. The van der Waals surface area contributed by atoms with Crippen LogP contribution < -0.4 is 11.1 Å². The molecule has 0 radical (unpaired) electrons. The van der Waals surface area contributed by atoms with Crippen LogP contribution in [0.2, 0.25) is 0 Å². The summed E-state index contributed by atoms with van der Waals surface area (Å²) in [5, 5.41) is 11.1. The highest BCUT2D eigenvalue weighted by Crippen LogP contribution is 2.10. The average Bonchev–Trinajstić information content (AvgIpc) is 2.46. The van der Waals surface area contributed by atoms with Gasteiger partial charge in [0.1, 0.15) is 12.2 Å². The third-order valence-corrected chi connectivity index (χ3v) is 3.31. The highest BCUT2D eigenvalue weighted by molar-refractivity contribution is 5.72. The third kappa shape index (κ3) is 12.4. The molecule has 1 unspecified atom stereocenters. The first-order chi connectivity index (χ1) is 10.5. The van der Waals surface area contributed by atoms with Crippen molar-refractivity contribution in [2.24, 2.45) is 5.73 Å². The maximum atomic E-state index is 13.4. The highest BCUT2D eigenvalue weighted by Gasteiger charge is 2.11. The lowest BCUT2D eigenvalue weighted by Gasteiger charge is -2.10. The molecule has 0 aliphatic heterocycles. The Labute approximate surface area is 131 Å². The molecule has 0 aromatic heterocycles. The molecule has 0 bridgehead atoms. The molecular weight excluding hydrogens is 291 g/mol. The molecule has 0 spiro atoms. The Hall–Kier alpha value is -1.37. The van der Waals surface area contributed by atoms with Gasteiger partial charge in [0, 0.05) is 13.0 Å². The molecule has 130 valence electrons. The number of alkyl halides is 1. The number of ether oxygens (including phenoxy) is 1. The summed E-state index contributed by atoms with van der Waals surface area (Å²) in [5.74, 6) is -1.02. The number of carboxylic acid groups (broad SMARTS) is 1. The molecule has 0 rings (SSSR count). The second-order valence-corrected chi connectivity index (χ2v) is 5.38. The van der Waals surface area contributed by atoms with E-state index < -0.39 is 24.3 Å². The molecule has 0 saturated heterocycles. The summed E-state index contributed by atoms with van der Waals surface area (Å²) in [6.07, 6.45) is 3.80. The van der Waals surface area contributed by atoms with Crippen LogP contribution in [0, 0.1) is 0 Å². The molecule has 0 fully saturated rings. The number of halogens is 1. The molecule has 0 heterocycles. The van der Waals surface area contributed by atoms with E-state index in [1.54, 1.807) is 0 Å². The van der Waals surface area contributed by atoms with Crippen molar-refractivity contribution in [2.75, 3.05) is 13.2 Å². The van der Waals surface area contributed by atoms with Crippen LogP contribution >= 0.6 is 0 Å². The zero-order valence-electron chi connectivity index (χ0n) is 13.4. The number of hydrogen-bond donors (Lipinski definition) is 3. The lowest BCUT2D eigenvalue weighted by Crippen LogP contribution is -2.30. The Morgan fingerprint density at radius 2 is 1.86 bits per heavy atom. The van der Waals surface area contributed by atoms with E-state index in [1.165, 1.54) is 0 Å². The number of unbranched alkanes of at least 4 members (excludes halogenated alkanes) is 3. The van der Waals surface area contributed by atoms with Crippen LogP contribution in [0.25, 0.3) is 0 Å². The van der Waals surface area contributed by atoms with Crippen LogP contribution in [0.3, 0.4) is 0 Å². The first-order valence-electron chi connectivity index (χ1n) is 8.00. The fourth-order valence-corrected chi connectivity index (χ4v) is 1.89. The number of amides is 1. The molecule has 6 nitrogen and oxygen atoms in total. The van der Waals surface area contributed by atoms with Crippen molar-refractivity contribution in [3.8, 4) is 0 Å². The van der Waals surface area contributed by atoms with Crippen molar-refractivity contribution >= 4 is 12.1 Å². The topological polar surface area (TPSA) is 102 Å². The van der Waals surface area contributed by atoms with Crippen molar-refractivity contribution in [2.45, 2.75) is 70.5 Å². The Morgan fingerprint density at radius 1 is 1.18 bits per heavy atom. The van der Waals surface area contributed by atoms with Crippen molar-refractivity contribution < 1.29 is 23.8 Å². The maximum absolute atomic E-state index is 13.4. The van der Waals surface area contributed by atoms with Crippen molar-refractivity contribution in [3.05, 3.63) is 0 Å². The third-order valence-electron chi connectivity index (χ3n) is 3.31. The molecular formula is C15H29FN2O4. The molecule has 0 aliphatic carbocycles. The van der Waals surface area contributed by atoms with Gasteiger partial charge in [0.05, 0.1) is 6.61 Å². The number of nitrogens with one attached hydrogen (secondary N) is 1. The van der Waals surface area contributed by atoms with E-state index in [2.05, 4.69) is 12.2 Å². The van der Waals surface area contributed by atoms with Crippen LogP contribution in [-0.4, -0.2) is 42.5 Å². The van der Waals surface area contributed by atoms with Gasteiger partial charge in [0.25, 0.3) is 0 Å². The summed E-state index contributed by atoms with van der Waals surface area (Å²) in [4.78, 5) is 21.8. The monoisotopic (exact) mass is 320 g/mol. The number of aliphatic carboxylic acids is 1. The quantitative estimate of drug-likeness (QED) is 0.453. The van der Waals surface area contributed by atoms with Gasteiger partial charge in [-0.25, -0.2) is 9.18 Å². The molecule has 4 N–H and O–H groups in total. The summed E-state index contributed by atoms with van der Waals surface area (Å²) in [6.45, 7) is 2.53. The maximum Gasteiger partial charge on any atom is 0.407 e. The van der Waals surface area contributed by atoms with Crippen LogP contribution in [0.15, 0.2) is 0 Å². The highest BCUT2D eigenvalue weighted by atomic mass is 19.1. The van der Waals surface area contributed by atoms with Gasteiger partial charge in [0.2, 0.25) is 0 Å². The van der Waals surface area contributed by atoms with Crippen molar-refractivity contribution in [1.82, 2.24) is 5.32 Å². The van der Waals surface area contributed by atoms with Crippen LogP contribution in [-0.2, 0) is 9.53 Å². The molecule has 22 heavy (non-hydrogen) atoms. The lowest BCUT2D eigenvalue weighted by atomic mass is 10.1. The van der Waals surface area contributed by atoms with E-state index in [1.807, 2.05) is 0 Å². The van der Waals surface area contributed by atoms with Gasteiger partial charge in [-0.15, -0.1) is 0 Å². The number of nitrogens with two attached hydrogens (primary N) is 1. The Kier molecular flexibility index (Phi) is 12.5. The summed E-state index contributed by atoms with van der Waals surface area (Å²) < 4.78 is 18.3. The number of carbonyl (C=O) groups is 2. The minimum Gasteiger partial charge on any atom is -0.480 e. The first kappa shape index (κ1) is 20.6. The lowest BCUT2D eigenvalue weighted by molar-refractivity contribution is -0.138. The fraction of sp³-hybridized carbons (Fsp3) is 0.867. The van der Waals surface area contributed by atoms with Gasteiger partial charge in [-0.2, -0.15) is 0 Å². The molecule has 0 saturated carbocycles. The van der Waals surface area contributed by atoms with Crippen LogP contribution in [0.5, 0.6) is 0 Å². The zero-order chi connectivity index (χ0) is 16.8. The number of rotatable bonds is 13. The second kappa shape index (κ2) is 13.3. The fourth-order valence-electron chi connectivity index (χ4n) is 1.89. The molecule has 0 aliphatic rings. The van der Waals surface area contributed by atoms with E-state index in [0.717, 1.165) is 19.3 Å². The average molecular weight is 320 g/mol. The van der Waals surface area contributed by atoms with Crippen LogP contribution in [0.1, 0.15) is 58.3 Å². The van der Waals surface area contributed by atoms with Gasteiger partial charge >= 0.3 is 12.1 Å². The number of hydrogen-bond acceptors (Lipinski definition) is 4.